The third-order valence-corrected chi connectivity index (χ3v) is 5.09. The molecule has 0 radical (unpaired) electrons. The molecule has 2 unspecified atom stereocenters. The van der Waals surface area contributed by atoms with E-state index in [1.807, 2.05) is 13.0 Å². The van der Waals surface area contributed by atoms with Crippen LogP contribution in [-0.2, 0) is 0 Å². The topological polar surface area (TPSA) is 49.3 Å². The second-order valence-electron chi connectivity index (χ2n) is 6.17. The molecule has 1 fully saturated rings. The highest BCUT2D eigenvalue weighted by atomic mass is 32.1. The van der Waals surface area contributed by atoms with Crippen molar-refractivity contribution in [3.8, 4) is 11.8 Å². The van der Waals surface area contributed by atoms with E-state index in [0.717, 1.165) is 23.3 Å². The van der Waals surface area contributed by atoms with Crippen molar-refractivity contribution < 1.29 is 9.90 Å². The molecular formula is C17H23NO2S. The zero-order valence-electron chi connectivity index (χ0n) is 12.9. The summed E-state index contributed by atoms with van der Waals surface area (Å²) in [4.78, 5) is 13.9. The molecule has 0 saturated heterocycles. The van der Waals surface area contributed by atoms with Gasteiger partial charge in [0.05, 0.1) is 9.75 Å². The summed E-state index contributed by atoms with van der Waals surface area (Å²) in [5.74, 6) is 6.89. The number of nitrogens with one attached hydrogen (secondary N) is 1. The van der Waals surface area contributed by atoms with Gasteiger partial charge in [-0.2, -0.15) is 0 Å². The summed E-state index contributed by atoms with van der Waals surface area (Å²) < 4.78 is 0. The van der Waals surface area contributed by atoms with Crippen LogP contribution in [0.3, 0.4) is 0 Å². The van der Waals surface area contributed by atoms with Crippen LogP contribution in [0.1, 0.15) is 53.2 Å². The van der Waals surface area contributed by atoms with Crippen molar-refractivity contribution in [3.63, 3.8) is 0 Å². The van der Waals surface area contributed by atoms with Crippen LogP contribution < -0.4 is 5.32 Å². The second-order valence-corrected chi connectivity index (χ2v) is 7.22. The van der Waals surface area contributed by atoms with Gasteiger partial charge in [0.15, 0.2) is 0 Å². The fraction of sp³-hybridized carbons (Fsp3) is 0.588. The van der Waals surface area contributed by atoms with Crippen molar-refractivity contribution in [2.75, 3.05) is 6.61 Å². The number of carbonyl (C=O) groups excluding carboxylic acids is 1. The number of rotatable bonds is 2. The van der Waals surface area contributed by atoms with Crippen molar-refractivity contribution in [1.29, 1.82) is 0 Å². The fourth-order valence-corrected chi connectivity index (χ4v) is 4.11. The maximum absolute atomic E-state index is 12.4. The molecule has 1 amide bonds. The average Bonchev–Trinajstić information content (AvgIpc) is 2.76. The van der Waals surface area contributed by atoms with Gasteiger partial charge in [-0.3, -0.25) is 4.79 Å². The Bertz CT molecular complexity index is 557. The van der Waals surface area contributed by atoms with Crippen molar-refractivity contribution in [3.05, 3.63) is 21.4 Å². The average molecular weight is 305 g/mol. The van der Waals surface area contributed by atoms with E-state index in [9.17, 15) is 4.79 Å². The first-order valence-electron chi connectivity index (χ1n) is 7.50. The molecule has 1 aromatic heterocycles. The summed E-state index contributed by atoms with van der Waals surface area (Å²) in [6, 6.07) is 2.17. The molecule has 0 spiro atoms. The molecule has 2 N–H and O–H groups in total. The standard InChI is InChI=1S/C17H23NO2S/c1-11-7-12(2)9-14(8-11)18-17(20)16-10-13(3)15(21-16)5-4-6-19/h10-12,14,19H,6-9H2,1-3H3,(H,18,20). The number of hydrogen-bond acceptors (Lipinski definition) is 3. The monoisotopic (exact) mass is 305 g/mol. The van der Waals surface area contributed by atoms with E-state index >= 15 is 0 Å². The second kappa shape index (κ2) is 7.11. The quantitative estimate of drug-likeness (QED) is 0.825. The van der Waals surface area contributed by atoms with Gasteiger partial charge in [0.25, 0.3) is 5.91 Å². The lowest BCUT2D eigenvalue weighted by Gasteiger charge is -2.31. The number of carbonyl (C=O) groups is 1. The van der Waals surface area contributed by atoms with Crippen LogP contribution in [0, 0.1) is 30.6 Å². The molecule has 0 bridgehead atoms. The Morgan fingerprint density at radius 3 is 2.67 bits per heavy atom. The number of amides is 1. The van der Waals surface area contributed by atoms with Gasteiger partial charge in [0, 0.05) is 6.04 Å². The number of hydrogen-bond donors (Lipinski definition) is 2. The highest BCUT2D eigenvalue weighted by molar-refractivity contribution is 7.14. The van der Waals surface area contributed by atoms with Crippen molar-refractivity contribution in [2.45, 2.75) is 46.1 Å². The molecule has 21 heavy (non-hydrogen) atoms. The van der Waals surface area contributed by atoms with Gasteiger partial charge in [-0.05, 0) is 49.7 Å². The summed E-state index contributed by atoms with van der Waals surface area (Å²) in [6.45, 7) is 6.30. The van der Waals surface area contributed by atoms with Crippen LogP contribution in [0.25, 0.3) is 0 Å². The van der Waals surface area contributed by atoms with E-state index in [1.54, 1.807) is 0 Å². The highest BCUT2D eigenvalue weighted by Gasteiger charge is 2.25. The lowest BCUT2D eigenvalue weighted by molar-refractivity contribution is 0.0915. The Balaban J connectivity index is 2.03. The van der Waals surface area contributed by atoms with Gasteiger partial charge in [-0.1, -0.05) is 25.7 Å². The van der Waals surface area contributed by atoms with Gasteiger partial charge < -0.3 is 10.4 Å². The molecule has 1 aliphatic carbocycles. The summed E-state index contributed by atoms with van der Waals surface area (Å²) in [6.07, 6.45) is 3.39. The Labute approximate surface area is 130 Å². The van der Waals surface area contributed by atoms with Crippen LogP contribution in [0.15, 0.2) is 6.07 Å². The first-order chi connectivity index (χ1) is 9.99. The number of thiophene rings is 1. The third-order valence-electron chi connectivity index (χ3n) is 3.94. The Morgan fingerprint density at radius 1 is 1.38 bits per heavy atom. The number of aryl methyl sites for hydroxylation is 1. The van der Waals surface area contributed by atoms with E-state index < -0.39 is 0 Å². The van der Waals surface area contributed by atoms with Gasteiger partial charge in [-0.25, -0.2) is 0 Å². The molecule has 1 saturated carbocycles. The summed E-state index contributed by atoms with van der Waals surface area (Å²) in [5, 5.41) is 11.9. The van der Waals surface area contributed by atoms with E-state index in [4.69, 9.17) is 5.11 Å². The molecule has 1 aromatic rings. The van der Waals surface area contributed by atoms with E-state index in [0.29, 0.717) is 16.7 Å². The van der Waals surface area contributed by atoms with Gasteiger partial charge in [0.2, 0.25) is 0 Å². The molecular weight excluding hydrogens is 282 g/mol. The van der Waals surface area contributed by atoms with Crippen LogP contribution in [0.5, 0.6) is 0 Å². The molecule has 4 heteroatoms. The summed E-state index contributed by atoms with van der Waals surface area (Å²) in [7, 11) is 0. The summed E-state index contributed by atoms with van der Waals surface area (Å²) >= 11 is 1.40. The minimum absolute atomic E-state index is 0.00597. The molecule has 0 aromatic carbocycles. The van der Waals surface area contributed by atoms with Crippen LogP contribution in [-0.4, -0.2) is 23.7 Å². The minimum Gasteiger partial charge on any atom is -0.384 e. The smallest absolute Gasteiger partial charge is 0.261 e. The van der Waals surface area contributed by atoms with Crippen molar-refractivity contribution in [1.82, 2.24) is 5.32 Å². The SMILES string of the molecule is Cc1cc(C(=O)NC2CC(C)CC(C)C2)sc1C#CCO. The van der Waals surface area contributed by atoms with Crippen LogP contribution in [0.2, 0.25) is 0 Å². The van der Waals surface area contributed by atoms with Crippen LogP contribution >= 0.6 is 11.3 Å². The Morgan fingerprint density at radius 2 is 2.05 bits per heavy atom. The molecule has 1 aliphatic rings. The number of aliphatic hydroxyl groups is 1. The fourth-order valence-electron chi connectivity index (χ4n) is 3.16. The number of aliphatic hydroxyl groups excluding tert-OH is 1. The zero-order chi connectivity index (χ0) is 15.4. The summed E-state index contributed by atoms with van der Waals surface area (Å²) in [5.41, 5.74) is 0.997. The van der Waals surface area contributed by atoms with Gasteiger partial charge in [0.1, 0.15) is 6.61 Å². The largest absolute Gasteiger partial charge is 0.384 e. The third kappa shape index (κ3) is 4.33. The molecule has 2 atom stereocenters. The van der Waals surface area contributed by atoms with E-state index in [-0.39, 0.29) is 18.6 Å². The lowest BCUT2D eigenvalue weighted by atomic mass is 9.80. The first kappa shape index (κ1) is 16.1. The van der Waals surface area contributed by atoms with Crippen LogP contribution in [0.4, 0.5) is 0 Å². The highest BCUT2D eigenvalue weighted by Crippen LogP contribution is 2.29. The van der Waals surface area contributed by atoms with Crippen molar-refractivity contribution in [2.24, 2.45) is 11.8 Å². The molecule has 1 heterocycles. The zero-order valence-corrected chi connectivity index (χ0v) is 13.7. The van der Waals surface area contributed by atoms with E-state index in [1.165, 1.54) is 17.8 Å². The predicted molar refractivity (Wildman–Crippen MR) is 86.5 cm³/mol. The minimum atomic E-state index is -0.156. The molecule has 0 aliphatic heterocycles. The molecule has 3 nitrogen and oxygen atoms in total. The maximum atomic E-state index is 12.4. The predicted octanol–water partition coefficient (Wildman–Crippen LogP) is 2.95. The van der Waals surface area contributed by atoms with Crippen molar-refractivity contribution >= 4 is 17.2 Å². The molecule has 114 valence electrons. The first-order valence-corrected chi connectivity index (χ1v) is 8.32. The van der Waals surface area contributed by atoms with Gasteiger partial charge in [-0.15, -0.1) is 11.3 Å². The Hall–Kier alpha value is -1.31. The van der Waals surface area contributed by atoms with Gasteiger partial charge >= 0.3 is 0 Å². The lowest BCUT2D eigenvalue weighted by Crippen LogP contribution is -2.39. The Kier molecular flexibility index (Phi) is 5.44. The maximum Gasteiger partial charge on any atom is 0.261 e. The van der Waals surface area contributed by atoms with E-state index in [2.05, 4.69) is 31.0 Å². The molecule has 2 rings (SSSR count). The normalized spacial score (nSPS) is 25.0.